The van der Waals surface area contributed by atoms with Crippen molar-refractivity contribution in [3.8, 4) is 17.2 Å². The highest BCUT2D eigenvalue weighted by molar-refractivity contribution is 7.12. The molecule has 4 aromatic rings. The number of pyridine rings is 1. The largest absolute Gasteiger partial charge is 0.508 e. The minimum Gasteiger partial charge on any atom is -0.508 e. The van der Waals surface area contributed by atoms with E-state index in [1.54, 1.807) is 60.8 Å². The summed E-state index contributed by atoms with van der Waals surface area (Å²) in [5.74, 6) is 1.31. The Balaban J connectivity index is 1.52. The molecule has 2 N–H and O–H groups in total. The van der Waals surface area contributed by atoms with Crippen LogP contribution in [0.5, 0.6) is 17.2 Å². The Morgan fingerprint density at radius 3 is 2.69 bits per heavy atom. The molecular formula is C20H14N2O3S. The van der Waals surface area contributed by atoms with Gasteiger partial charge in [-0.3, -0.25) is 9.78 Å². The van der Waals surface area contributed by atoms with Crippen LogP contribution in [-0.4, -0.2) is 16.0 Å². The van der Waals surface area contributed by atoms with E-state index in [2.05, 4.69) is 10.3 Å². The van der Waals surface area contributed by atoms with E-state index in [0.29, 0.717) is 27.6 Å². The van der Waals surface area contributed by atoms with Crippen molar-refractivity contribution in [1.82, 2.24) is 4.98 Å². The van der Waals surface area contributed by atoms with Crippen LogP contribution in [0.15, 0.2) is 72.2 Å². The number of aromatic nitrogens is 1. The molecule has 5 nitrogen and oxygen atoms in total. The molecule has 4 rings (SSSR count). The summed E-state index contributed by atoms with van der Waals surface area (Å²) in [5.41, 5.74) is 1.35. The van der Waals surface area contributed by atoms with Crippen molar-refractivity contribution in [2.75, 3.05) is 5.32 Å². The van der Waals surface area contributed by atoms with Crippen LogP contribution in [0.2, 0.25) is 0 Å². The number of benzene rings is 2. The molecule has 0 unspecified atom stereocenters. The SMILES string of the molecule is O=C(Nc1ccc(Oc2ccnc3cc(O)ccc23)cc1)c1cccs1. The minimum atomic E-state index is -0.131. The maximum Gasteiger partial charge on any atom is 0.265 e. The Labute approximate surface area is 153 Å². The Hall–Kier alpha value is -3.38. The second-order valence-electron chi connectivity index (χ2n) is 5.57. The van der Waals surface area contributed by atoms with Gasteiger partial charge in [0, 0.05) is 23.3 Å². The molecule has 0 aliphatic rings. The number of phenols is 1. The molecule has 6 heteroatoms. The first-order valence-electron chi connectivity index (χ1n) is 7.89. The fourth-order valence-electron chi connectivity index (χ4n) is 2.53. The van der Waals surface area contributed by atoms with E-state index in [1.165, 1.54) is 11.3 Å². The summed E-state index contributed by atoms with van der Waals surface area (Å²) in [7, 11) is 0. The number of amides is 1. The third kappa shape index (κ3) is 3.36. The number of carbonyl (C=O) groups excluding carboxylic acids is 1. The maximum atomic E-state index is 12.1. The number of ether oxygens (including phenoxy) is 1. The molecule has 0 bridgehead atoms. The van der Waals surface area contributed by atoms with Crippen molar-refractivity contribution in [2.45, 2.75) is 0 Å². The van der Waals surface area contributed by atoms with Gasteiger partial charge in [-0.2, -0.15) is 0 Å². The first kappa shape index (κ1) is 16.1. The zero-order valence-corrected chi connectivity index (χ0v) is 14.4. The van der Waals surface area contributed by atoms with Gasteiger partial charge in [0.25, 0.3) is 5.91 Å². The summed E-state index contributed by atoms with van der Waals surface area (Å²) < 4.78 is 5.93. The van der Waals surface area contributed by atoms with Crippen LogP contribution >= 0.6 is 11.3 Å². The molecule has 0 saturated carbocycles. The molecule has 0 aliphatic heterocycles. The molecule has 0 radical (unpaired) electrons. The van der Waals surface area contributed by atoms with Gasteiger partial charge in [0.05, 0.1) is 10.4 Å². The van der Waals surface area contributed by atoms with Gasteiger partial charge in [0.2, 0.25) is 0 Å². The number of nitrogens with one attached hydrogen (secondary N) is 1. The quantitative estimate of drug-likeness (QED) is 0.533. The molecule has 1 amide bonds. The van der Waals surface area contributed by atoms with E-state index in [9.17, 15) is 9.90 Å². The van der Waals surface area contributed by atoms with Crippen molar-refractivity contribution in [3.63, 3.8) is 0 Å². The van der Waals surface area contributed by atoms with Gasteiger partial charge >= 0.3 is 0 Å². The molecule has 0 spiro atoms. The van der Waals surface area contributed by atoms with Gasteiger partial charge < -0.3 is 15.2 Å². The third-order valence-corrected chi connectivity index (χ3v) is 4.64. The lowest BCUT2D eigenvalue weighted by Gasteiger charge is -2.10. The normalized spacial score (nSPS) is 10.6. The molecule has 0 saturated heterocycles. The van der Waals surface area contributed by atoms with Gasteiger partial charge in [0.1, 0.15) is 17.2 Å². The second-order valence-corrected chi connectivity index (χ2v) is 6.52. The van der Waals surface area contributed by atoms with Crippen molar-refractivity contribution in [1.29, 1.82) is 0 Å². The Morgan fingerprint density at radius 1 is 1.08 bits per heavy atom. The van der Waals surface area contributed by atoms with Crippen LogP contribution in [0.1, 0.15) is 9.67 Å². The van der Waals surface area contributed by atoms with E-state index in [4.69, 9.17) is 4.74 Å². The lowest BCUT2D eigenvalue weighted by molar-refractivity contribution is 0.103. The Bertz CT molecular complexity index is 1060. The number of fused-ring (bicyclic) bond motifs is 1. The van der Waals surface area contributed by atoms with Crippen molar-refractivity contribution >= 4 is 33.8 Å². The highest BCUT2D eigenvalue weighted by atomic mass is 32.1. The molecule has 26 heavy (non-hydrogen) atoms. The summed E-state index contributed by atoms with van der Waals surface area (Å²) in [6.45, 7) is 0. The van der Waals surface area contributed by atoms with Crippen LogP contribution in [0.4, 0.5) is 5.69 Å². The van der Waals surface area contributed by atoms with Gasteiger partial charge in [-0.1, -0.05) is 6.07 Å². The number of carbonyl (C=O) groups is 1. The van der Waals surface area contributed by atoms with Crippen LogP contribution < -0.4 is 10.1 Å². The smallest absolute Gasteiger partial charge is 0.265 e. The van der Waals surface area contributed by atoms with Crippen molar-refractivity contribution < 1.29 is 14.6 Å². The molecule has 0 aliphatic carbocycles. The number of rotatable bonds is 4. The lowest BCUT2D eigenvalue weighted by atomic mass is 10.2. The molecule has 128 valence electrons. The number of aromatic hydroxyl groups is 1. The molecule has 2 aromatic carbocycles. The summed E-state index contributed by atoms with van der Waals surface area (Å²) in [5, 5.41) is 15.1. The van der Waals surface area contributed by atoms with E-state index < -0.39 is 0 Å². The average molecular weight is 362 g/mol. The van der Waals surface area contributed by atoms with E-state index in [-0.39, 0.29) is 11.7 Å². The number of phenolic OH excluding ortho intramolecular Hbond substituents is 1. The standard InChI is InChI=1S/C20H14N2O3S/c23-14-5-8-16-17(12-14)21-10-9-18(16)25-15-6-3-13(4-7-15)22-20(24)19-2-1-11-26-19/h1-12,23H,(H,22,24). The monoisotopic (exact) mass is 362 g/mol. The fraction of sp³-hybridized carbons (Fsp3) is 0. The zero-order chi connectivity index (χ0) is 17.9. The fourth-order valence-corrected chi connectivity index (χ4v) is 3.15. The van der Waals surface area contributed by atoms with Gasteiger partial charge in [0.15, 0.2) is 0 Å². The Kier molecular flexibility index (Phi) is 4.25. The summed E-state index contributed by atoms with van der Waals surface area (Å²) in [6, 6.07) is 17.5. The zero-order valence-electron chi connectivity index (χ0n) is 13.5. The maximum absolute atomic E-state index is 12.1. The first-order valence-corrected chi connectivity index (χ1v) is 8.77. The number of thiophene rings is 1. The highest BCUT2D eigenvalue weighted by Crippen LogP contribution is 2.31. The van der Waals surface area contributed by atoms with Gasteiger partial charge in [-0.15, -0.1) is 11.3 Å². The Morgan fingerprint density at radius 2 is 1.92 bits per heavy atom. The number of nitrogens with zero attached hydrogens (tertiary/aromatic N) is 1. The molecule has 0 atom stereocenters. The molecular weight excluding hydrogens is 348 g/mol. The third-order valence-electron chi connectivity index (χ3n) is 3.77. The molecule has 2 heterocycles. The summed E-state index contributed by atoms with van der Waals surface area (Å²) in [4.78, 5) is 17.0. The van der Waals surface area contributed by atoms with E-state index in [1.807, 2.05) is 11.4 Å². The number of hydrogen-bond acceptors (Lipinski definition) is 5. The molecule has 0 fully saturated rings. The van der Waals surface area contributed by atoms with Crippen LogP contribution in [0.3, 0.4) is 0 Å². The number of hydrogen-bond donors (Lipinski definition) is 2. The molecule has 2 aromatic heterocycles. The van der Waals surface area contributed by atoms with Crippen LogP contribution in [0.25, 0.3) is 10.9 Å². The van der Waals surface area contributed by atoms with E-state index >= 15 is 0 Å². The topological polar surface area (TPSA) is 71.5 Å². The van der Waals surface area contributed by atoms with Gasteiger partial charge in [-0.25, -0.2) is 0 Å². The second kappa shape index (κ2) is 6.85. The van der Waals surface area contributed by atoms with Crippen LogP contribution in [-0.2, 0) is 0 Å². The number of anilines is 1. The minimum absolute atomic E-state index is 0.131. The first-order chi connectivity index (χ1) is 12.7. The van der Waals surface area contributed by atoms with Crippen molar-refractivity contribution in [3.05, 3.63) is 77.1 Å². The highest BCUT2D eigenvalue weighted by Gasteiger charge is 2.08. The van der Waals surface area contributed by atoms with Gasteiger partial charge in [-0.05, 0) is 53.9 Å². The lowest BCUT2D eigenvalue weighted by Crippen LogP contribution is -2.09. The van der Waals surface area contributed by atoms with E-state index in [0.717, 1.165) is 5.39 Å². The summed E-state index contributed by atoms with van der Waals surface area (Å²) >= 11 is 1.40. The average Bonchev–Trinajstić information content (AvgIpc) is 3.18. The van der Waals surface area contributed by atoms with Crippen molar-refractivity contribution in [2.24, 2.45) is 0 Å². The van der Waals surface area contributed by atoms with Crippen LogP contribution in [0, 0.1) is 0 Å². The predicted octanol–water partition coefficient (Wildman–Crippen LogP) is 5.05. The predicted molar refractivity (Wildman–Crippen MR) is 102 cm³/mol. The summed E-state index contributed by atoms with van der Waals surface area (Å²) in [6.07, 6.45) is 1.63.